The van der Waals surface area contributed by atoms with E-state index in [2.05, 4.69) is 10.3 Å². The molecule has 0 saturated heterocycles. The zero-order valence-corrected chi connectivity index (χ0v) is 9.56. The van der Waals surface area contributed by atoms with Crippen molar-refractivity contribution in [2.24, 2.45) is 5.73 Å². The number of carbonyl (C=O) groups is 1. The second kappa shape index (κ2) is 5.95. The number of nitrogens with one attached hydrogen (secondary N) is 1. The van der Waals surface area contributed by atoms with E-state index in [1.54, 1.807) is 6.20 Å². The number of ether oxygens (including phenoxy) is 1. The molecule has 16 heavy (non-hydrogen) atoms. The van der Waals surface area contributed by atoms with Crippen LogP contribution >= 0.6 is 0 Å². The van der Waals surface area contributed by atoms with E-state index in [1.165, 1.54) is 0 Å². The number of hydrogen-bond donors (Lipinski definition) is 2. The molecule has 0 radical (unpaired) electrons. The molecule has 0 aliphatic heterocycles. The Kier molecular flexibility index (Phi) is 4.57. The van der Waals surface area contributed by atoms with Crippen LogP contribution in [0.3, 0.4) is 0 Å². The van der Waals surface area contributed by atoms with Crippen molar-refractivity contribution < 1.29 is 9.53 Å². The number of primary amides is 1. The van der Waals surface area contributed by atoms with Crippen LogP contribution in [0, 0.1) is 0 Å². The van der Waals surface area contributed by atoms with Crippen molar-refractivity contribution >= 4 is 11.6 Å². The summed E-state index contributed by atoms with van der Waals surface area (Å²) in [6.45, 7) is 4.33. The van der Waals surface area contributed by atoms with Crippen LogP contribution in [0.4, 0.5) is 5.69 Å². The number of nitrogens with two attached hydrogens (primary N) is 1. The van der Waals surface area contributed by atoms with Gasteiger partial charge in [-0.05, 0) is 26.0 Å². The molecular weight excluding hydrogens is 206 g/mol. The number of carbonyl (C=O) groups excluding carboxylic acids is 1. The third-order valence-electron chi connectivity index (χ3n) is 1.96. The first-order chi connectivity index (χ1) is 7.63. The fraction of sp³-hybridized carbons (Fsp3) is 0.455. The van der Waals surface area contributed by atoms with Crippen molar-refractivity contribution in [2.75, 3.05) is 11.9 Å². The number of hydrogen-bond acceptors (Lipinski definition) is 4. The average molecular weight is 223 g/mol. The first-order valence-corrected chi connectivity index (χ1v) is 5.26. The molecule has 88 valence electrons. The molecule has 1 aromatic heterocycles. The highest BCUT2D eigenvalue weighted by molar-refractivity contribution is 5.75. The van der Waals surface area contributed by atoms with E-state index in [4.69, 9.17) is 10.5 Å². The van der Waals surface area contributed by atoms with Gasteiger partial charge in [-0.2, -0.15) is 0 Å². The first-order valence-electron chi connectivity index (χ1n) is 5.26. The fourth-order valence-corrected chi connectivity index (χ4v) is 1.37. The number of amides is 1. The highest BCUT2D eigenvalue weighted by atomic mass is 16.5. The molecule has 1 rings (SSSR count). The van der Waals surface area contributed by atoms with Gasteiger partial charge < -0.3 is 15.8 Å². The van der Waals surface area contributed by atoms with Crippen molar-refractivity contribution in [1.29, 1.82) is 0 Å². The molecule has 5 heteroatoms. The lowest BCUT2D eigenvalue weighted by molar-refractivity contribution is -0.118. The Morgan fingerprint density at radius 1 is 1.69 bits per heavy atom. The summed E-state index contributed by atoms with van der Waals surface area (Å²) in [4.78, 5) is 14.8. The monoisotopic (exact) mass is 223 g/mol. The van der Waals surface area contributed by atoms with Crippen LogP contribution in [-0.2, 0) is 4.79 Å². The van der Waals surface area contributed by atoms with Gasteiger partial charge >= 0.3 is 0 Å². The number of pyridine rings is 1. The van der Waals surface area contributed by atoms with Crippen molar-refractivity contribution in [3.63, 3.8) is 0 Å². The summed E-state index contributed by atoms with van der Waals surface area (Å²) >= 11 is 0. The maximum atomic E-state index is 10.7. The SMILES string of the molecule is CCOc1ncccc1NC(C)CC(N)=O. The Labute approximate surface area is 95.0 Å². The highest BCUT2D eigenvalue weighted by Crippen LogP contribution is 2.21. The Morgan fingerprint density at radius 2 is 2.44 bits per heavy atom. The quantitative estimate of drug-likeness (QED) is 0.758. The molecule has 1 amide bonds. The molecular formula is C11H17N3O2. The molecule has 0 aliphatic carbocycles. The first kappa shape index (κ1) is 12.3. The predicted octanol–water partition coefficient (Wildman–Crippen LogP) is 1.16. The molecule has 0 spiro atoms. The van der Waals surface area contributed by atoms with Crippen LogP contribution in [-0.4, -0.2) is 23.5 Å². The van der Waals surface area contributed by atoms with Gasteiger partial charge in [0.1, 0.15) is 0 Å². The van der Waals surface area contributed by atoms with Gasteiger partial charge in [-0.3, -0.25) is 4.79 Å². The third-order valence-corrected chi connectivity index (χ3v) is 1.96. The number of nitrogens with zero attached hydrogens (tertiary/aromatic N) is 1. The smallest absolute Gasteiger partial charge is 0.237 e. The van der Waals surface area contributed by atoms with Crippen molar-refractivity contribution in [2.45, 2.75) is 26.3 Å². The van der Waals surface area contributed by atoms with E-state index in [1.807, 2.05) is 26.0 Å². The van der Waals surface area contributed by atoms with Crippen LogP contribution < -0.4 is 15.8 Å². The normalized spacial score (nSPS) is 11.9. The zero-order chi connectivity index (χ0) is 12.0. The van der Waals surface area contributed by atoms with Gasteiger partial charge in [0, 0.05) is 18.7 Å². The van der Waals surface area contributed by atoms with E-state index >= 15 is 0 Å². The van der Waals surface area contributed by atoms with Crippen LogP contribution in [0.2, 0.25) is 0 Å². The van der Waals surface area contributed by atoms with E-state index in [0.717, 1.165) is 5.69 Å². The van der Waals surface area contributed by atoms with E-state index in [-0.39, 0.29) is 18.4 Å². The summed E-state index contributed by atoms with van der Waals surface area (Å²) in [5, 5.41) is 3.14. The van der Waals surface area contributed by atoms with Crippen LogP contribution in [0.15, 0.2) is 18.3 Å². The number of aromatic nitrogens is 1. The average Bonchev–Trinajstić information content (AvgIpc) is 2.20. The van der Waals surface area contributed by atoms with Crippen LogP contribution in [0.1, 0.15) is 20.3 Å². The number of anilines is 1. The fourth-order valence-electron chi connectivity index (χ4n) is 1.37. The summed E-state index contributed by atoms with van der Waals surface area (Å²) < 4.78 is 5.35. The Balaban J connectivity index is 2.68. The molecule has 0 saturated carbocycles. The Morgan fingerprint density at radius 3 is 3.06 bits per heavy atom. The topological polar surface area (TPSA) is 77.2 Å². The van der Waals surface area contributed by atoms with Gasteiger partial charge in [-0.25, -0.2) is 4.98 Å². The standard InChI is InChI=1S/C11H17N3O2/c1-3-16-11-9(5-4-6-13-11)14-8(2)7-10(12)15/h4-6,8,14H,3,7H2,1-2H3,(H2,12,15). The summed E-state index contributed by atoms with van der Waals surface area (Å²) in [5.41, 5.74) is 5.89. The molecule has 3 N–H and O–H groups in total. The molecule has 1 unspecified atom stereocenters. The summed E-state index contributed by atoms with van der Waals surface area (Å²) in [7, 11) is 0. The summed E-state index contributed by atoms with van der Waals surface area (Å²) in [6.07, 6.45) is 1.94. The van der Waals surface area contributed by atoms with Crippen LogP contribution in [0.25, 0.3) is 0 Å². The summed E-state index contributed by atoms with van der Waals surface area (Å²) in [5.74, 6) is 0.211. The molecule has 5 nitrogen and oxygen atoms in total. The number of rotatable bonds is 6. The van der Waals surface area contributed by atoms with Gasteiger partial charge in [-0.15, -0.1) is 0 Å². The maximum Gasteiger partial charge on any atom is 0.237 e. The van der Waals surface area contributed by atoms with E-state index in [0.29, 0.717) is 12.5 Å². The molecule has 0 fully saturated rings. The molecule has 0 aliphatic rings. The Bertz CT molecular complexity index is 355. The van der Waals surface area contributed by atoms with Gasteiger partial charge in [0.15, 0.2) is 0 Å². The van der Waals surface area contributed by atoms with Crippen molar-refractivity contribution in [3.05, 3.63) is 18.3 Å². The highest BCUT2D eigenvalue weighted by Gasteiger charge is 2.09. The minimum atomic E-state index is -0.332. The molecule has 0 aromatic carbocycles. The maximum absolute atomic E-state index is 10.7. The molecule has 1 atom stereocenters. The minimum Gasteiger partial charge on any atom is -0.476 e. The second-order valence-electron chi connectivity index (χ2n) is 3.50. The summed E-state index contributed by atoms with van der Waals surface area (Å²) in [6, 6.07) is 3.62. The van der Waals surface area contributed by atoms with Crippen LogP contribution in [0.5, 0.6) is 5.88 Å². The molecule has 1 heterocycles. The molecule has 0 bridgehead atoms. The lowest BCUT2D eigenvalue weighted by Crippen LogP contribution is -2.24. The van der Waals surface area contributed by atoms with Gasteiger partial charge in [-0.1, -0.05) is 0 Å². The van der Waals surface area contributed by atoms with Gasteiger partial charge in [0.2, 0.25) is 11.8 Å². The predicted molar refractivity (Wildman–Crippen MR) is 62.3 cm³/mol. The van der Waals surface area contributed by atoms with E-state index < -0.39 is 0 Å². The van der Waals surface area contributed by atoms with Crippen molar-refractivity contribution in [3.8, 4) is 5.88 Å². The van der Waals surface area contributed by atoms with Crippen molar-refractivity contribution in [1.82, 2.24) is 4.98 Å². The molecule has 1 aromatic rings. The largest absolute Gasteiger partial charge is 0.476 e. The lowest BCUT2D eigenvalue weighted by Gasteiger charge is -2.15. The zero-order valence-electron chi connectivity index (χ0n) is 9.56. The minimum absolute atomic E-state index is 0.0408. The van der Waals surface area contributed by atoms with Gasteiger partial charge in [0.25, 0.3) is 0 Å². The second-order valence-corrected chi connectivity index (χ2v) is 3.50. The van der Waals surface area contributed by atoms with E-state index in [9.17, 15) is 4.79 Å². The van der Waals surface area contributed by atoms with Gasteiger partial charge in [0.05, 0.1) is 12.3 Å². The third kappa shape index (κ3) is 3.76. The lowest BCUT2D eigenvalue weighted by atomic mass is 10.2. The Hall–Kier alpha value is -1.78.